The molecule has 0 unspecified atom stereocenters. The van der Waals surface area contributed by atoms with Gasteiger partial charge in [0.1, 0.15) is 9.88 Å². The summed E-state index contributed by atoms with van der Waals surface area (Å²) >= 11 is 1.49. The van der Waals surface area contributed by atoms with Crippen LogP contribution in [0.25, 0.3) is 10.6 Å². The summed E-state index contributed by atoms with van der Waals surface area (Å²) in [6.07, 6.45) is 0. The Balaban J connectivity index is 2.15. The Bertz CT molecular complexity index is 735. The number of thiazole rings is 1. The largest absolute Gasteiger partial charge is 0.340 e. The predicted molar refractivity (Wildman–Crippen MR) is 107 cm³/mol. The first-order valence-corrected chi connectivity index (χ1v) is 9.71. The van der Waals surface area contributed by atoms with E-state index in [4.69, 9.17) is 0 Å². The third-order valence-electron chi connectivity index (χ3n) is 4.74. The highest BCUT2D eigenvalue weighted by Crippen LogP contribution is 2.29. The molecule has 136 valence electrons. The fourth-order valence-electron chi connectivity index (χ4n) is 2.70. The number of aryl methyl sites for hydroxylation is 3. The van der Waals surface area contributed by atoms with Gasteiger partial charge in [-0.2, -0.15) is 0 Å². The van der Waals surface area contributed by atoms with Gasteiger partial charge in [-0.1, -0.05) is 26.0 Å². The van der Waals surface area contributed by atoms with Gasteiger partial charge >= 0.3 is 0 Å². The molecule has 4 nitrogen and oxygen atoms in total. The molecule has 0 aliphatic carbocycles. The molecule has 0 spiro atoms. The number of amides is 1. The maximum Gasteiger partial charge on any atom is 0.265 e. The topological polar surface area (TPSA) is 36.4 Å². The molecule has 0 bridgehead atoms. The monoisotopic (exact) mass is 359 g/mol. The SMILES string of the molecule is CCN(CC)CCN(C)C(=O)c1sc(-c2ccc(C)c(C)c2)nc1C. The first-order chi connectivity index (χ1) is 11.9. The van der Waals surface area contributed by atoms with Crippen molar-refractivity contribution in [3.05, 3.63) is 39.9 Å². The highest BCUT2D eigenvalue weighted by molar-refractivity contribution is 7.17. The van der Waals surface area contributed by atoms with Gasteiger partial charge in [-0.15, -0.1) is 11.3 Å². The maximum atomic E-state index is 12.8. The van der Waals surface area contributed by atoms with Gasteiger partial charge in [0.25, 0.3) is 5.91 Å². The molecule has 5 heteroatoms. The van der Waals surface area contributed by atoms with Crippen LogP contribution in [0.3, 0.4) is 0 Å². The molecular weight excluding hydrogens is 330 g/mol. The van der Waals surface area contributed by atoms with Crippen LogP contribution in [0.4, 0.5) is 0 Å². The second-order valence-corrected chi connectivity index (χ2v) is 7.49. The lowest BCUT2D eigenvalue weighted by Crippen LogP contribution is -2.36. The van der Waals surface area contributed by atoms with Crippen molar-refractivity contribution in [3.8, 4) is 10.6 Å². The second kappa shape index (κ2) is 8.59. The fraction of sp³-hybridized carbons (Fsp3) is 0.500. The number of rotatable bonds is 7. The van der Waals surface area contributed by atoms with Crippen molar-refractivity contribution in [2.75, 3.05) is 33.2 Å². The van der Waals surface area contributed by atoms with Crippen LogP contribution in [-0.4, -0.2) is 53.9 Å². The van der Waals surface area contributed by atoms with Crippen LogP contribution in [0.5, 0.6) is 0 Å². The predicted octanol–water partition coefficient (Wildman–Crippen LogP) is 4.15. The summed E-state index contributed by atoms with van der Waals surface area (Å²) < 4.78 is 0. The lowest BCUT2D eigenvalue weighted by Gasteiger charge is -2.22. The Hall–Kier alpha value is -1.72. The minimum absolute atomic E-state index is 0.0669. The summed E-state index contributed by atoms with van der Waals surface area (Å²) in [4.78, 5) is 22.3. The molecule has 1 aromatic heterocycles. The molecule has 0 saturated heterocycles. The summed E-state index contributed by atoms with van der Waals surface area (Å²) in [5.74, 6) is 0.0669. The van der Waals surface area contributed by atoms with Gasteiger partial charge in [0, 0.05) is 25.7 Å². The summed E-state index contributed by atoms with van der Waals surface area (Å²) in [5, 5.41) is 0.918. The molecular formula is C20H29N3OS. The van der Waals surface area contributed by atoms with Crippen molar-refractivity contribution in [1.29, 1.82) is 0 Å². The maximum absolute atomic E-state index is 12.8. The van der Waals surface area contributed by atoms with Gasteiger partial charge < -0.3 is 9.80 Å². The highest BCUT2D eigenvalue weighted by Gasteiger charge is 2.20. The number of aromatic nitrogens is 1. The number of likely N-dealkylation sites (N-methyl/N-ethyl adjacent to an activating group) is 2. The smallest absolute Gasteiger partial charge is 0.265 e. The van der Waals surface area contributed by atoms with Crippen LogP contribution in [0.15, 0.2) is 18.2 Å². The van der Waals surface area contributed by atoms with Gasteiger partial charge in [-0.3, -0.25) is 4.79 Å². The first kappa shape index (κ1) is 19.6. The number of hydrogen-bond acceptors (Lipinski definition) is 4. The van der Waals surface area contributed by atoms with Crippen molar-refractivity contribution in [2.45, 2.75) is 34.6 Å². The van der Waals surface area contributed by atoms with Gasteiger partial charge in [-0.05, 0) is 51.1 Å². The molecule has 1 heterocycles. The number of nitrogens with zero attached hydrogens (tertiary/aromatic N) is 3. The minimum Gasteiger partial charge on any atom is -0.340 e. The molecule has 0 aliphatic rings. The normalized spacial score (nSPS) is 11.2. The summed E-state index contributed by atoms with van der Waals surface area (Å²) in [6.45, 7) is 14.1. The van der Waals surface area contributed by atoms with Crippen LogP contribution in [0, 0.1) is 20.8 Å². The molecule has 2 aromatic rings. The molecule has 1 aromatic carbocycles. The minimum atomic E-state index is 0.0669. The molecule has 25 heavy (non-hydrogen) atoms. The van der Waals surface area contributed by atoms with Crippen molar-refractivity contribution >= 4 is 17.2 Å². The van der Waals surface area contributed by atoms with Crippen molar-refractivity contribution in [1.82, 2.24) is 14.8 Å². The van der Waals surface area contributed by atoms with E-state index in [9.17, 15) is 4.79 Å². The van der Waals surface area contributed by atoms with E-state index in [0.717, 1.165) is 47.3 Å². The molecule has 0 N–H and O–H groups in total. The van der Waals surface area contributed by atoms with E-state index in [1.807, 2.05) is 18.9 Å². The van der Waals surface area contributed by atoms with E-state index in [1.54, 1.807) is 0 Å². The van der Waals surface area contributed by atoms with Crippen molar-refractivity contribution in [3.63, 3.8) is 0 Å². The third kappa shape index (κ3) is 4.67. The number of carbonyl (C=O) groups excluding carboxylic acids is 1. The summed E-state index contributed by atoms with van der Waals surface area (Å²) in [5.41, 5.74) is 4.41. The Morgan fingerprint density at radius 3 is 2.36 bits per heavy atom. The van der Waals surface area contributed by atoms with Crippen molar-refractivity contribution < 1.29 is 4.79 Å². The number of carbonyl (C=O) groups is 1. The zero-order chi connectivity index (χ0) is 18.6. The Morgan fingerprint density at radius 1 is 1.08 bits per heavy atom. The molecule has 0 saturated carbocycles. The Morgan fingerprint density at radius 2 is 1.76 bits per heavy atom. The van der Waals surface area contributed by atoms with Crippen LogP contribution in [0.1, 0.15) is 40.3 Å². The van der Waals surface area contributed by atoms with Gasteiger partial charge in [0.05, 0.1) is 5.69 Å². The Kier molecular flexibility index (Phi) is 6.73. The summed E-state index contributed by atoms with van der Waals surface area (Å²) in [7, 11) is 1.88. The molecule has 0 fully saturated rings. The number of hydrogen-bond donors (Lipinski definition) is 0. The van der Waals surface area contributed by atoms with E-state index in [0.29, 0.717) is 0 Å². The zero-order valence-corrected chi connectivity index (χ0v) is 17.0. The standard InChI is InChI=1S/C20H29N3OS/c1-7-23(8-2)12-11-22(6)20(24)18-16(5)21-19(25-18)17-10-9-14(3)15(4)13-17/h9-10,13H,7-8,11-12H2,1-6H3. The zero-order valence-electron chi connectivity index (χ0n) is 16.2. The van der Waals surface area contributed by atoms with Crippen molar-refractivity contribution in [2.24, 2.45) is 0 Å². The second-order valence-electron chi connectivity index (χ2n) is 6.49. The van der Waals surface area contributed by atoms with E-state index in [1.165, 1.54) is 22.5 Å². The van der Waals surface area contributed by atoms with Crippen LogP contribution in [-0.2, 0) is 0 Å². The van der Waals surface area contributed by atoms with Gasteiger partial charge in [-0.25, -0.2) is 4.98 Å². The average molecular weight is 360 g/mol. The van der Waals surface area contributed by atoms with E-state index in [-0.39, 0.29) is 5.91 Å². The van der Waals surface area contributed by atoms with Crippen LogP contribution in [0.2, 0.25) is 0 Å². The molecule has 2 rings (SSSR count). The first-order valence-electron chi connectivity index (χ1n) is 8.90. The van der Waals surface area contributed by atoms with E-state index in [2.05, 4.69) is 55.8 Å². The van der Waals surface area contributed by atoms with E-state index >= 15 is 0 Å². The fourth-order valence-corrected chi connectivity index (χ4v) is 3.76. The quantitative estimate of drug-likeness (QED) is 0.745. The van der Waals surface area contributed by atoms with E-state index < -0.39 is 0 Å². The lowest BCUT2D eigenvalue weighted by atomic mass is 10.1. The lowest BCUT2D eigenvalue weighted by molar-refractivity contribution is 0.0783. The molecule has 0 atom stereocenters. The summed E-state index contributed by atoms with van der Waals surface area (Å²) in [6, 6.07) is 6.34. The molecule has 0 radical (unpaired) electrons. The molecule has 1 amide bonds. The molecule has 0 aliphatic heterocycles. The van der Waals surface area contributed by atoms with Gasteiger partial charge in [0.2, 0.25) is 0 Å². The number of benzene rings is 1. The third-order valence-corrected chi connectivity index (χ3v) is 5.93. The highest BCUT2D eigenvalue weighted by atomic mass is 32.1. The average Bonchev–Trinajstić information content (AvgIpc) is 2.99. The Labute approximate surface area is 155 Å². The van der Waals surface area contributed by atoms with Gasteiger partial charge in [0.15, 0.2) is 0 Å². The van der Waals surface area contributed by atoms with Crippen LogP contribution >= 0.6 is 11.3 Å². The van der Waals surface area contributed by atoms with Crippen LogP contribution < -0.4 is 0 Å².